The third kappa shape index (κ3) is 5.36. The van der Waals surface area contributed by atoms with Gasteiger partial charge in [0.25, 0.3) is 0 Å². The second-order valence-electron chi connectivity index (χ2n) is 9.45. The fourth-order valence-electron chi connectivity index (χ4n) is 4.86. The Morgan fingerprint density at radius 1 is 0.850 bits per heavy atom. The average Bonchev–Trinajstić information content (AvgIpc) is 2.93. The highest BCUT2D eigenvalue weighted by Gasteiger charge is 2.50. The minimum absolute atomic E-state index is 0.153. The van der Waals surface area contributed by atoms with Crippen molar-refractivity contribution in [3.05, 3.63) is 99.8 Å². The maximum Gasteiger partial charge on any atom is 0.511 e. The number of sulfonamides is 1. The van der Waals surface area contributed by atoms with E-state index in [0.717, 1.165) is 0 Å². The summed E-state index contributed by atoms with van der Waals surface area (Å²) in [6.07, 6.45) is 1.66. The third-order valence-corrected chi connectivity index (χ3v) is 9.14. The van der Waals surface area contributed by atoms with Crippen molar-refractivity contribution in [1.29, 1.82) is 0 Å². The standard InChI is InChI=1S/C27H23Cl2F3N4O3S/c28-20-6-1-17(2-7-20)26(37,18-3-8-21(29)9-4-18)19-5-10-24-23(15-19)25(34-16-33-24)35-22-11-13-36(14-12-22)40(38,39)27(30,31)32/h1-10,15-16,22,37H,11-14H2,(H,33,34,35). The summed E-state index contributed by atoms with van der Waals surface area (Å²) in [5, 5.41) is 17.1. The first-order chi connectivity index (χ1) is 18.9. The zero-order valence-corrected chi connectivity index (χ0v) is 23.1. The number of hydrogen-bond acceptors (Lipinski definition) is 6. The number of fused-ring (bicyclic) bond motifs is 1. The van der Waals surface area contributed by atoms with E-state index in [2.05, 4.69) is 15.3 Å². The van der Waals surface area contributed by atoms with Crippen LogP contribution in [0, 0.1) is 0 Å². The van der Waals surface area contributed by atoms with Crippen LogP contribution >= 0.6 is 23.2 Å². The number of nitrogens with one attached hydrogen (secondary N) is 1. The van der Waals surface area contributed by atoms with Crippen LogP contribution in [0.4, 0.5) is 19.0 Å². The topological polar surface area (TPSA) is 95.4 Å². The molecule has 0 saturated carbocycles. The molecule has 0 aliphatic carbocycles. The van der Waals surface area contributed by atoms with Gasteiger partial charge in [0.1, 0.15) is 17.7 Å². The van der Waals surface area contributed by atoms with Crippen LogP contribution in [0.25, 0.3) is 10.9 Å². The minimum Gasteiger partial charge on any atom is -0.376 e. The van der Waals surface area contributed by atoms with Crippen molar-refractivity contribution >= 4 is 49.9 Å². The fraction of sp³-hybridized carbons (Fsp3) is 0.259. The number of aromatic nitrogens is 2. The van der Waals surface area contributed by atoms with Gasteiger partial charge in [-0.25, -0.2) is 18.4 Å². The normalized spacial score (nSPS) is 15.8. The second kappa shape index (κ2) is 10.8. The lowest BCUT2D eigenvalue weighted by Gasteiger charge is -2.32. The number of anilines is 1. The van der Waals surface area contributed by atoms with Gasteiger partial charge in [-0.3, -0.25) is 0 Å². The highest BCUT2D eigenvalue weighted by Crippen LogP contribution is 2.39. The van der Waals surface area contributed by atoms with Gasteiger partial charge in [0.2, 0.25) is 0 Å². The Bertz CT molecular complexity index is 1580. The van der Waals surface area contributed by atoms with Gasteiger partial charge < -0.3 is 10.4 Å². The molecule has 0 unspecified atom stereocenters. The fourth-order valence-corrected chi connectivity index (χ4v) is 6.10. The summed E-state index contributed by atoms with van der Waals surface area (Å²) < 4.78 is 62.9. The lowest BCUT2D eigenvalue weighted by atomic mass is 9.80. The molecular formula is C27H23Cl2F3N4O3S. The van der Waals surface area contributed by atoms with E-state index in [9.17, 15) is 26.7 Å². The molecule has 0 radical (unpaired) electrons. The van der Waals surface area contributed by atoms with E-state index in [1.165, 1.54) is 6.33 Å². The predicted octanol–water partition coefficient (Wildman–Crippen LogP) is 5.95. The number of piperidine rings is 1. The number of halogens is 5. The second-order valence-corrected chi connectivity index (χ2v) is 12.2. The van der Waals surface area contributed by atoms with Crippen LogP contribution in [-0.2, 0) is 15.6 Å². The molecule has 1 aliphatic heterocycles. The van der Waals surface area contributed by atoms with Crippen LogP contribution in [0.2, 0.25) is 10.0 Å². The highest BCUT2D eigenvalue weighted by atomic mass is 35.5. The van der Waals surface area contributed by atoms with Crippen molar-refractivity contribution in [2.24, 2.45) is 0 Å². The molecule has 13 heteroatoms. The van der Waals surface area contributed by atoms with Crippen LogP contribution in [0.15, 0.2) is 73.1 Å². The Hall–Kier alpha value is -2.96. The summed E-state index contributed by atoms with van der Waals surface area (Å²) in [6, 6.07) is 18.6. The van der Waals surface area contributed by atoms with Crippen LogP contribution in [0.1, 0.15) is 29.5 Å². The Morgan fingerprint density at radius 2 is 1.38 bits per heavy atom. The molecule has 0 amide bonds. The number of alkyl halides is 3. The summed E-state index contributed by atoms with van der Waals surface area (Å²) >= 11 is 12.2. The molecule has 7 nitrogen and oxygen atoms in total. The SMILES string of the molecule is O=S(=O)(N1CCC(Nc2ncnc3ccc(C(O)(c4ccc(Cl)cc4)c4ccc(Cl)cc4)cc23)CC1)C(F)(F)F. The molecule has 210 valence electrons. The molecule has 0 bridgehead atoms. The van der Waals surface area contributed by atoms with Crippen LogP contribution in [0.5, 0.6) is 0 Å². The maximum atomic E-state index is 13.0. The number of nitrogens with zero attached hydrogens (tertiary/aromatic N) is 3. The Morgan fingerprint density at radius 3 is 1.90 bits per heavy atom. The highest BCUT2D eigenvalue weighted by molar-refractivity contribution is 7.90. The van der Waals surface area contributed by atoms with Crippen molar-refractivity contribution < 1.29 is 26.7 Å². The third-order valence-electron chi connectivity index (χ3n) is 7.00. The largest absolute Gasteiger partial charge is 0.511 e. The van der Waals surface area contributed by atoms with E-state index in [-0.39, 0.29) is 32.0 Å². The maximum absolute atomic E-state index is 13.0. The van der Waals surface area contributed by atoms with E-state index in [1.54, 1.807) is 66.7 Å². The monoisotopic (exact) mass is 610 g/mol. The first-order valence-electron chi connectivity index (χ1n) is 12.2. The molecule has 1 aliphatic rings. The lowest BCUT2D eigenvalue weighted by molar-refractivity contribution is -0.0494. The smallest absolute Gasteiger partial charge is 0.376 e. The lowest BCUT2D eigenvalue weighted by Crippen LogP contribution is -2.47. The minimum atomic E-state index is -5.38. The van der Waals surface area contributed by atoms with Crippen molar-refractivity contribution in [1.82, 2.24) is 14.3 Å². The predicted molar refractivity (Wildman–Crippen MR) is 148 cm³/mol. The molecule has 2 heterocycles. The number of aliphatic hydroxyl groups is 1. The van der Waals surface area contributed by atoms with Gasteiger partial charge in [0, 0.05) is 34.6 Å². The number of benzene rings is 3. The molecule has 0 atom stereocenters. The molecular weight excluding hydrogens is 588 g/mol. The molecule has 1 aromatic heterocycles. The Kier molecular flexibility index (Phi) is 7.71. The van der Waals surface area contributed by atoms with E-state index in [4.69, 9.17) is 23.2 Å². The summed E-state index contributed by atoms with van der Waals surface area (Å²) in [6.45, 7) is -0.554. The van der Waals surface area contributed by atoms with E-state index in [0.29, 0.717) is 47.8 Å². The zero-order chi connectivity index (χ0) is 28.7. The summed E-state index contributed by atoms with van der Waals surface area (Å²) in [7, 11) is -5.38. The Labute approximate surface area is 238 Å². The van der Waals surface area contributed by atoms with E-state index >= 15 is 0 Å². The summed E-state index contributed by atoms with van der Waals surface area (Å²) in [4.78, 5) is 8.67. The molecule has 1 fully saturated rings. The van der Waals surface area contributed by atoms with Gasteiger partial charge in [-0.2, -0.15) is 17.5 Å². The average molecular weight is 611 g/mol. The van der Waals surface area contributed by atoms with Crippen molar-refractivity contribution in [2.75, 3.05) is 18.4 Å². The molecule has 40 heavy (non-hydrogen) atoms. The van der Waals surface area contributed by atoms with Gasteiger partial charge in [0.05, 0.1) is 5.52 Å². The van der Waals surface area contributed by atoms with Gasteiger partial charge in [-0.15, -0.1) is 0 Å². The first kappa shape index (κ1) is 28.6. The van der Waals surface area contributed by atoms with Gasteiger partial charge in [-0.05, 0) is 65.9 Å². The van der Waals surface area contributed by atoms with Crippen molar-refractivity contribution in [3.63, 3.8) is 0 Å². The molecule has 0 spiro atoms. The summed E-state index contributed by atoms with van der Waals surface area (Å²) in [5.41, 5.74) is -4.74. The van der Waals surface area contributed by atoms with Crippen LogP contribution < -0.4 is 5.32 Å². The summed E-state index contributed by atoms with van der Waals surface area (Å²) in [5.74, 6) is 0.415. The molecule has 1 saturated heterocycles. The van der Waals surface area contributed by atoms with Gasteiger partial charge >= 0.3 is 15.5 Å². The molecule has 2 N–H and O–H groups in total. The van der Waals surface area contributed by atoms with E-state index in [1.807, 2.05) is 0 Å². The molecule has 5 rings (SSSR count). The van der Waals surface area contributed by atoms with Crippen molar-refractivity contribution in [2.45, 2.75) is 30.0 Å². The van der Waals surface area contributed by atoms with E-state index < -0.39 is 21.1 Å². The quantitative estimate of drug-likeness (QED) is 0.262. The van der Waals surface area contributed by atoms with Crippen LogP contribution in [-0.4, -0.2) is 52.4 Å². The van der Waals surface area contributed by atoms with Crippen molar-refractivity contribution in [3.8, 4) is 0 Å². The first-order valence-corrected chi connectivity index (χ1v) is 14.4. The zero-order valence-electron chi connectivity index (χ0n) is 20.7. The van der Waals surface area contributed by atoms with Gasteiger partial charge in [0.15, 0.2) is 0 Å². The van der Waals surface area contributed by atoms with Gasteiger partial charge in [-0.1, -0.05) is 53.5 Å². The molecule has 3 aromatic carbocycles. The van der Waals surface area contributed by atoms with Crippen LogP contribution in [0.3, 0.4) is 0 Å². The number of rotatable bonds is 6. The number of hydrogen-bond donors (Lipinski definition) is 2. The molecule has 4 aromatic rings. The Balaban J connectivity index is 1.49.